The monoisotopic (exact) mass is 457 g/mol. The van der Waals surface area contributed by atoms with Crippen LogP contribution >= 0.6 is 27.3 Å². The van der Waals surface area contributed by atoms with Crippen LogP contribution in [-0.4, -0.2) is 37.2 Å². The number of anilines is 1. The minimum absolute atomic E-state index is 0.0932. The SMILES string of the molecule is OC1CCCCC1Nc1nc2c(Br)cc(Cc3nc4ncccc4[nH]3)cc2s1. The number of aromatic nitrogens is 4. The molecule has 28 heavy (non-hydrogen) atoms. The first-order valence-electron chi connectivity index (χ1n) is 9.49. The summed E-state index contributed by atoms with van der Waals surface area (Å²) in [6, 6.07) is 8.25. The summed E-state index contributed by atoms with van der Waals surface area (Å²) in [5.74, 6) is 0.896. The molecule has 3 heterocycles. The number of nitrogens with zero attached hydrogens (tertiary/aromatic N) is 3. The molecule has 3 N–H and O–H groups in total. The third-order valence-electron chi connectivity index (χ3n) is 5.22. The van der Waals surface area contributed by atoms with E-state index in [2.05, 4.69) is 48.3 Å². The number of halogens is 1. The highest BCUT2D eigenvalue weighted by molar-refractivity contribution is 9.10. The van der Waals surface area contributed by atoms with Crippen molar-refractivity contribution in [1.82, 2.24) is 19.9 Å². The van der Waals surface area contributed by atoms with Crippen LogP contribution in [0.3, 0.4) is 0 Å². The Morgan fingerprint density at radius 1 is 1.25 bits per heavy atom. The molecule has 4 aromatic rings. The van der Waals surface area contributed by atoms with E-state index in [-0.39, 0.29) is 12.1 Å². The molecule has 2 atom stereocenters. The number of hydrogen-bond acceptors (Lipinski definition) is 6. The predicted molar refractivity (Wildman–Crippen MR) is 116 cm³/mol. The second-order valence-corrected chi connectivity index (χ2v) is 9.17. The Balaban J connectivity index is 1.41. The van der Waals surface area contributed by atoms with Gasteiger partial charge in [0.05, 0.1) is 27.9 Å². The zero-order chi connectivity index (χ0) is 19.1. The molecule has 0 aliphatic heterocycles. The fourth-order valence-electron chi connectivity index (χ4n) is 3.82. The largest absolute Gasteiger partial charge is 0.391 e. The molecule has 1 aliphatic carbocycles. The first-order valence-corrected chi connectivity index (χ1v) is 11.1. The molecule has 0 radical (unpaired) electrons. The number of hydrogen-bond donors (Lipinski definition) is 3. The van der Waals surface area contributed by atoms with E-state index in [1.807, 2.05) is 12.1 Å². The van der Waals surface area contributed by atoms with Crippen molar-refractivity contribution in [2.24, 2.45) is 0 Å². The number of aromatic amines is 1. The van der Waals surface area contributed by atoms with Gasteiger partial charge in [-0.05, 0) is 58.6 Å². The minimum Gasteiger partial charge on any atom is -0.391 e. The molecule has 6 nitrogen and oxygen atoms in total. The summed E-state index contributed by atoms with van der Waals surface area (Å²) in [6.45, 7) is 0. The number of pyridine rings is 1. The third-order valence-corrected chi connectivity index (χ3v) is 6.76. The first kappa shape index (κ1) is 18.0. The standard InChI is InChI=1S/C20H20BrN5OS/c21-12-8-11(10-17-23-14-5-3-7-22-19(14)25-17)9-16-18(12)26-20(28-16)24-13-4-1-2-6-15(13)27/h3,5,7-9,13,15,27H,1-2,4,6,10H2,(H,24,26)(H,22,23,25). The van der Waals surface area contributed by atoms with Crippen LogP contribution in [0.5, 0.6) is 0 Å². The molecule has 2 unspecified atom stereocenters. The number of rotatable bonds is 4. The molecular formula is C20H20BrN5OS. The van der Waals surface area contributed by atoms with E-state index in [4.69, 9.17) is 4.98 Å². The number of nitrogens with one attached hydrogen (secondary N) is 2. The van der Waals surface area contributed by atoms with E-state index in [1.165, 1.54) is 0 Å². The molecule has 144 valence electrons. The lowest BCUT2D eigenvalue weighted by Crippen LogP contribution is -2.36. The van der Waals surface area contributed by atoms with Crippen molar-refractivity contribution >= 4 is 53.8 Å². The van der Waals surface area contributed by atoms with E-state index < -0.39 is 0 Å². The fourth-order valence-corrected chi connectivity index (χ4v) is 5.56. The Kier molecular flexibility index (Phi) is 4.78. The number of imidazole rings is 1. The van der Waals surface area contributed by atoms with Crippen LogP contribution in [0, 0.1) is 0 Å². The van der Waals surface area contributed by atoms with Crippen molar-refractivity contribution in [2.75, 3.05) is 5.32 Å². The van der Waals surface area contributed by atoms with Gasteiger partial charge in [-0.2, -0.15) is 0 Å². The molecular weight excluding hydrogens is 438 g/mol. The lowest BCUT2D eigenvalue weighted by atomic mass is 9.93. The lowest BCUT2D eigenvalue weighted by Gasteiger charge is -2.27. The van der Waals surface area contributed by atoms with E-state index in [0.717, 1.165) is 68.1 Å². The van der Waals surface area contributed by atoms with Crippen molar-refractivity contribution < 1.29 is 5.11 Å². The highest BCUT2D eigenvalue weighted by atomic mass is 79.9. The average molecular weight is 458 g/mol. The quantitative estimate of drug-likeness (QED) is 0.415. The highest BCUT2D eigenvalue weighted by Crippen LogP contribution is 2.34. The Hall–Kier alpha value is -2.03. The Morgan fingerprint density at radius 3 is 3.00 bits per heavy atom. The van der Waals surface area contributed by atoms with Gasteiger partial charge < -0.3 is 15.4 Å². The normalized spacial score (nSPS) is 20.1. The van der Waals surface area contributed by atoms with E-state index >= 15 is 0 Å². The number of thiazole rings is 1. The van der Waals surface area contributed by atoms with Crippen molar-refractivity contribution in [1.29, 1.82) is 0 Å². The maximum atomic E-state index is 10.2. The lowest BCUT2D eigenvalue weighted by molar-refractivity contribution is 0.116. The number of benzene rings is 1. The van der Waals surface area contributed by atoms with Crippen molar-refractivity contribution in [3.63, 3.8) is 0 Å². The zero-order valence-electron chi connectivity index (χ0n) is 15.2. The van der Waals surface area contributed by atoms with Crippen LogP contribution in [0.2, 0.25) is 0 Å². The summed E-state index contributed by atoms with van der Waals surface area (Å²) in [4.78, 5) is 16.9. The summed E-state index contributed by atoms with van der Waals surface area (Å²) in [6.07, 6.45) is 6.27. The molecule has 0 bridgehead atoms. The van der Waals surface area contributed by atoms with Gasteiger partial charge in [0, 0.05) is 17.1 Å². The van der Waals surface area contributed by atoms with E-state index in [9.17, 15) is 5.11 Å². The summed E-state index contributed by atoms with van der Waals surface area (Å²) in [5.41, 5.74) is 3.81. The average Bonchev–Trinajstić information content (AvgIpc) is 3.27. The second kappa shape index (κ2) is 7.42. The van der Waals surface area contributed by atoms with Crippen LogP contribution in [0.15, 0.2) is 34.9 Å². The number of fused-ring (bicyclic) bond motifs is 2. The molecule has 3 aromatic heterocycles. The predicted octanol–water partition coefficient (Wildman–Crippen LogP) is 4.64. The van der Waals surface area contributed by atoms with Crippen LogP contribution in [0.1, 0.15) is 37.1 Å². The molecule has 8 heteroatoms. The van der Waals surface area contributed by atoms with Crippen LogP contribution in [-0.2, 0) is 6.42 Å². The highest BCUT2D eigenvalue weighted by Gasteiger charge is 2.24. The summed E-state index contributed by atoms with van der Waals surface area (Å²) >= 11 is 5.30. The maximum Gasteiger partial charge on any atom is 0.184 e. The van der Waals surface area contributed by atoms with Gasteiger partial charge >= 0.3 is 0 Å². The summed E-state index contributed by atoms with van der Waals surface area (Å²) < 4.78 is 2.09. The van der Waals surface area contributed by atoms with Crippen molar-refractivity contribution in [2.45, 2.75) is 44.2 Å². The Bertz CT molecular complexity index is 1110. The van der Waals surface area contributed by atoms with Gasteiger partial charge in [0.2, 0.25) is 0 Å². The molecule has 1 saturated carbocycles. The van der Waals surface area contributed by atoms with Gasteiger partial charge in [-0.3, -0.25) is 0 Å². The van der Waals surface area contributed by atoms with Gasteiger partial charge in [0.15, 0.2) is 10.8 Å². The van der Waals surface area contributed by atoms with E-state index in [0.29, 0.717) is 6.42 Å². The first-order chi connectivity index (χ1) is 13.7. The van der Waals surface area contributed by atoms with Crippen LogP contribution in [0.4, 0.5) is 5.13 Å². The molecule has 0 spiro atoms. The van der Waals surface area contributed by atoms with Gasteiger partial charge in [-0.1, -0.05) is 24.2 Å². The van der Waals surface area contributed by atoms with Gasteiger partial charge in [0.1, 0.15) is 5.82 Å². The van der Waals surface area contributed by atoms with Gasteiger partial charge in [-0.15, -0.1) is 0 Å². The van der Waals surface area contributed by atoms with Gasteiger partial charge in [0.25, 0.3) is 0 Å². The number of aliphatic hydroxyl groups is 1. The molecule has 1 aromatic carbocycles. The van der Waals surface area contributed by atoms with E-state index in [1.54, 1.807) is 17.5 Å². The van der Waals surface area contributed by atoms with Crippen molar-refractivity contribution in [3.05, 3.63) is 46.3 Å². The maximum absolute atomic E-state index is 10.2. The Morgan fingerprint density at radius 2 is 2.14 bits per heavy atom. The van der Waals surface area contributed by atoms with Crippen molar-refractivity contribution in [3.8, 4) is 0 Å². The summed E-state index contributed by atoms with van der Waals surface area (Å²) in [5, 5.41) is 14.5. The third kappa shape index (κ3) is 3.52. The number of aliphatic hydroxyl groups excluding tert-OH is 1. The Labute approximate surface area is 174 Å². The molecule has 0 saturated heterocycles. The van der Waals surface area contributed by atoms with Gasteiger partial charge in [-0.25, -0.2) is 15.0 Å². The molecule has 1 aliphatic rings. The number of H-pyrrole nitrogens is 1. The fraction of sp³-hybridized carbons (Fsp3) is 0.350. The molecule has 5 rings (SSSR count). The smallest absolute Gasteiger partial charge is 0.184 e. The molecule has 1 fully saturated rings. The summed E-state index contributed by atoms with van der Waals surface area (Å²) in [7, 11) is 0. The topological polar surface area (TPSA) is 86.7 Å². The second-order valence-electron chi connectivity index (χ2n) is 7.28. The van der Waals surface area contributed by atoms with Crippen LogP contribution in [0.25, 0.3) is 21.4 Å². The minimum atomic E-state index is -0.290. The zero-order valence-corrected chi connectivity index (χ0v) is 17.6. The van der Waals surface area contributed by atoms with Crippen LogP contribution < -0.4 is 5.32 Å². The molecule has 0 amide bonds.